The third-order valence-electron chi connectivity index (χ3n) is 2.71. The number of anilines is 1. The first-order valence-corrected chi connectivity index (χ1v) is 5.94. The van der Waals surface area contributed by atoms with E-state index in [0.29, 0.717) is 17.6 Å². The van der Waals surface area contributed by atoms with Gasteiger partial charge >= 0.3 is 0 Å². The number of aryl methyl sites for hydroxylation is 1. The van der Waals surface area contributed by atoms with Crippen molar-refractivity contribution < 1.29 is 9.84 Å². The molecule has 1 aromatic heterocycles. The van der Waals surface area contributed by atoms with E-state index in [-0.39, 0.29) is 6.61 Å². The normalized spacial score (nSPS) is 12.2. The van der Waals surface area contributed by atoms with Crippen LogP contribution in [0.4, 0.5) is 5.82 Å². The Labute approximate surface area is 102 Å². The predicted octanol–water partition coefficient (Wildman–Crippen LogP) is 1.61. The van der Waals surface area contributed by atoms with Crippen LogP contribution in [0.15, 0.2) is 6.07 Å². The minimum Gasteiger partial charge on any atom is -0.481 e. The number of aromatic nitrogens is 2. The molecule has 0 aromatic carbocycles. The van der Waals surface area contributed by atoms with Crippen LogP contribution in [0.2, 0.25) is 0 Å². The zero-order valence-electron chi connectivity index (χ0n) is 10.7. The van der Waals surface area contributed by atoms with Gasteiger partial charge in [0, 0.05) is 19.2 Å². The van der Waals surface area contributed by atoms with Gasteiger partial charge < -0.3 is 15.2 Å². The number of rotatable bonds is 7. The number of nitrogens with zero attached hydrogens (tertiary/aromatic N) is 2. The van der Waals surface area contributed by atoms with Crippen molar-refractivity contribution in [2.75, 3.05) is 25.6 Å². The standard InChI is InChI=1S/C12H21N3O2/c1-4-10(5-6-16)8-13-11-7-12(17-3)15-9(2)14-11/h7,10,16H,4-6,8H2,1-3H3,(H,13,14,15). The molecule has 5 heteroatoms. The van der Waals surface area contributed by atoms with Crippen molar-refractivity contribution >= 4 is 5.82 Å². The van der Waals surface area contributed by atoms with E-state index < -0.39 is 0 Å². The molecule has 0 fully saturated rings. The zero-order valence-corrected chi connectivity index (χ0v) is 10.7. The van der Waals surface area contributed by atoms with Crippen LogP contribution in [0.1, 0.15) is 25.6 Å². The molecule has 0 saturated carbocycles. The van der Waals surface area contributed by atoms with Gasteiger partial charge in [-0.2, -0.15) is 4.98 Å². The van der Waals surface area contributed by atoms with Crippen molar-refractivity contribution in [2.24, 2.45) is 5.92 Å². The highest BCUT2D eigenvalue weighted by molar-refractivity contribution is 5.38. The quantitative estimate of drug-likeness (QED) is 0.756. The maximum atomic E-state index is 8.92. The lowest BCUT2D eigenvalue weighted by Gasteiger charge is -2.15. The number of hydrogen-bond acceptors (Lipinski definition) is 5. The number of hydrogen-bond donors (Lipinski definition) is 2. The van der Waals surface area contributed by atoms with Crippen LogP contribution in [0, 0.1) is 12.8 Å². The Balaban J connectivity index is 2.58. The van der Waals surface area contributed by atoms with Crippen molar-refractivity contribution in [3.8, 4) is 5.88 Å². The first-order valence-electron chi connectivity index (χ1n) is 5.94. The smallest absolute Gasteiger partial charge is 0.218 e. The summed E-state index contributed by atoms with van der Waals surface area (Å²) in [6.45, 7) is 4.98. The summed E-state index contributed by atoms with van der Waals surface area (Å²) in [5, 5.41) is 12.2. The molecule has 5 nitrogen and oxygen atoms in total. The third-order valence-corrected chi connectivity index (χ3v) is 2.71. The van der Waals surface area contributed by atoms with Crippen LogP contribution in [0.25, 0.3) is 0 Å². The van der Waals surface area contributed by atoms with Gasteiger partial charge in [0.15, 0.2) is 0 Å². The minimum absolute atomic E-state index is 0.228. The summed E-state index contributed by atoms with van der Waals surface area (Å²) in [6.07, 6.45) is 1.85. The number of nitrogens with one attached hydrogen (secondary N) is 1. The molecule has 1 unspecified atom stereocenters. The van der Waals surface area contributed by atoms with Crippen LogP contribution in [-0.2, 0) is 0 Å². The Morgan fingerprint density at radius 2 is 2.24 bits per heavy atom. The van der Waals surface area contributed by atoms with Crippen molar-refractivity contribution in [3.05, 3.63) is 11.9 Å². The molecule has 0 spiro atoms. The van der Waals surface area contributed by atoms with Gasteiger partial charge in [-0.3, -0.25) is 0 Å². The average molecular weight is 239 g/mol. The molecular formula is C12H21N3O2. The summed E-state index contributed by atoms with van der Waals surface area (Å²) in [5.41, 5.74) is 0. The summed E-state index contributed by atoms with van der Waals surface area (Å²) in [6, 6.07) is 1.78. The lowest BCUT2D eigenvalue weighted by atomic mass is 10.0. The van der Waals surface area contributed by atoms with Crippen molar-refractivity contribution in [1.29, 1.82) is 0 Å². The Bertz CT molecular complexity index is 345. The fraction of sp³-hybridized carbons (Fsp3) is 0.667. The highest BCUT2D eigenvalue weighted by Gasteiger charge is 2.07. The molecule has 0 saturated heterocycles. The van der Waals surface area contributed by atoms with Crippen LogP contribution < -0.4 is 10.1 Å². The molecule has 17 heavy (non-hydrogen) atoms. The summed E-state index contributed by atoms with van der Waals surface area (Å²) < 4.78 is 5.09. The second-order valence-electron chi connectivity index (χ2n) is 4.01. The monoisotopic (exact) mass is 239 g/mol. The van der Waals surface area contributed by atoms with Gasteiger partial charge in [-0.05, 0) is 19.3 Å². The number of aliphatic hydroxyl groups excluding tert-OH is 1. The second kappa shape index (κ2) is 7.06. The molecule has 0 aliphatic heterocycles. The molecular weight excluding hydrogens is 218 g/mol. The van der Waals surface area contributed by atoms with E-state index in [2.05, 4.69) is 22.2 Å². The van der Waals surface area contributed by atoms with E-state index in [4.69, 9.17) is 9.84 Å². The Morgan fingerprint density at radius 1 is 1.47 bits per heavy atom. The van der Waals surface area contributed by atoms with Gasteiger partial charge in [0.05, 0.1) is 7.11 Å². The highest BCUT2D eigenvalue weighted by Crippen LogP contribution is 2.14. The van der Waals surface area contributed by atoms with E-state index in [9.17, 15) is 0 Å². The lowest BCUT2D eigenvalue weighted by molar-refractivity contribution is 0.258. The van der Waals surface area contributed by atoms with Gasteiger partial charge in [0.1, 0.15) is 11.6 Å². The Morgan fingerprint density at radius 3 is 2.82 bits per heavy atom. The Hall–Kier alpha value is -1.36. The third kappa shape index (κ3) is 4.56. The predicted molar refractivity (Wildman–Crippen MR) is 67.3 cm³/mol. The molecule has 0 bridgehead atoms. The van der Waals surface area contributed by atoms with Crippen molar-refractivity contribution in [1.82, 2.24) is 9.97 Å². The summed E-state index contributed by atoms with van der Waals surface area (Å²) in [4.78, 5) is 8.41. The van der Waals surface area contributed by atoms with Crippen LogP contribution >= 0.6 is 0 Å². The fourth-order valence-corrected chi connectivity index (χ4v) is 1.62. The summed E-state index contributed by atoms with van der Waals surface area (Å²) in [5.74, 6) is 2.48. The van der Waals surface area contributed by atoms with Gasteiger partial charge in [-0.1, -0.05) is 13.3 Å². The minimum atomic E-state index is 0.228. The molecule has 1 atom stereocenters. The molecule has 0 amide bonds. The van der Waals surface area contributed by atoms with E-state index in [1.807, 2.05) is 6.92 Å². The molecule has 1 rings (SSSR count). The molecule has 96 valence electrons. The van der Waals surface area contributed by atoms with E-state index in [1.165, 1.54) is 0 Å². The van der Waals surface area contributed by atoms with Gasteiger partial charge in [-0.25, -0.2) is 4.98 Å². The van der Waals surface area contributed by atoms with E-state index in [0.717, 1.165) is 25.2 Å². The number of aliphatic hydroxyl groups is 1. The van der Waals surface area contributed by atoms with Gasteiger partial charge in [0.2, 0.25) is 5.88 Å². The zero-order chi connectivity index (χ0) is 12.7. The average Bonchev–Trinajstić information content (AvgIpc) is 2.33. The fourth-order valence-electron chi connectivity index (χ4n) is 1.62. The first kappa shape index (κ1) is 13.7. The second-order valence-corrected chi connectivity index (χ2v) is 4.01. The molecule has 0 radical (unpaired) electrons. The highest BCUT2D eigenvalue weighted by atomic mass is 16.5. The van der Waals surface area contributed by atoms with Gasteiger partial charge in [-0.15, -0.1) is 0 Å². The van der Waals surface area contributed by atoms with Crippen molar-refractivity contribution in [2.45, 2.75) is 26.7 Å². The van der Waals surface area contributed by atoms with Crippen molar-refractivity contribution in [3.63, 3.8) is 0 Å². The summed E-state index contributed by atoms with van der Waals surface area (Å²) >= 11 is 0. The molecule has 0 aliphatic rings. The number of methoxy groups -OCH3 is 1. The largest absolute Gasteiger partial charge is 0.481 e. The van der Waals surface area contributed by atoms with E-state index >= 15 is 0 Å². The first-order chi connectivity index (χ1) is 8.19. The van der Waals surface area contributed by atoms with Crippen LogP contribution in [0.3, 0.4) is 0 Å². The molecule has 0 aliphatic carbocycles. The maximum Gasteiger partial charge on any atom is 0.218 e. The maximum absolute atomic E-state index is 8.92. The van der Waals surface area contributed by atoms with Crippen LogP contribution in [-0.4, -0.2) is 35.3 Å². The molecule has 1 aromatic rings. The molecule has 1 heterocycles. The molecule has 2 N–H and O–H groups in total. The Kier molecular flexibility index (Phi) is 5.69. The van der Waals surface area contributed by atoms with Crippen LogP contribution in [0.5, 0.6) is 5.88 Å². The lowest BCUT2D eigenvalue weighted by Crippen LogP contribution is -2.16. The SMILES string of the molecule is CCC(CCO)CNc1cc(OC)nc(C)n1. The van der Waals surface area contributed by atoms with E-state index in [1.54, 1.807) is 13.2 Å². The summed E-state index contributed by atoms with van der Waals surface area (Å²) in [7, 11) is 1.59. The van der Waals surface area contributed by atoms with Gasteiger partial charge in [0.25, 0.3) is 0 Å². The number of ether oxygens (including phenoxy) is 1. The topological polar surface area (TPSA) is 67.3 Å².